The maximum absolute atomic E-state index is 11.9. The standard InChI is InChI=1S/C15H16ClNO3/c1-10-5-6-13(16)14(8-10)20-11(2)15(18)17-9-12-4-3-7-19-12/h3-8,11H,9H2,1-2H3,(H,17,18)/t11-/m0/s1. The SMILES string of the molecule is Cc1ccc(Cl)c(O[C@@H](C)C(=O)NCc2ccco2)c1. The zero-order chi connectivity index (χ0) is 14.5. The fourth-order valence-corrected chi connectivity index (χ4v) is 1.84. The lowest BCUT2D eigenvalue weighted by molar-refractivity contribution is -0.127. The first kappa shape index (κ1) is 14.5. The van der Waals surface area contributed by atoms with E-state index in [-0.39, 0.29) is 5.91 Å². The summed E-state index contributed by atoms with van der Waals surface area (Å²) in [7, 11) is 0. The van der Waals surface area contributed by atoms with E-state index in [9.17, 15) is 4.79 Å². The minimum Gasteiger partial charge on any atom is -0.479 e. The summed E-state index contributed by atoms with van der Waals surface area (Å²) < 4.78 is 10.7. The summed E-state index contributed by atoms with van der Waals surface area (Å²) in [4.78, 5) is 11.9. The van der Waals surface area contributed by atoms with Gasteiger partial charge in [0.1, 0.15) is 11.5 Å². The van der Waals surface area contributed by atoms with Crippen molar-refractivity contribution in [2.45, 2.75) is 26.5 Å². The summed E-state index contributed by atoms with van der Waals surface area (Å²) in [6.07, 6.45) is 0.928. The smallest absolute Gasteiger partial charge is 0.261 e. The second kappa shape index (κ2) is 6.48. The van der Waals surface area contributed by atoms with E-state index in [2.05, 4.69) is 5.32 Å². The van der Waals surface area contributed by atoms with E-state index in [4.69, 9.17) is 20.8 Å². The molecule has 1 aromatic carbocycles. The lowest BCUT2D eigenvalue weighted by Crippen LogP contribution is -2.35. The van der Waals surface area contributed by atoms with E-state index in [0.29, 0.717) is 23.1 Å². The van der Waals surface area contributed by atoms with Gasteiger partial charge in [0.2, 0.25) is 0 Å². The molecule has 0 aliphatic heterocycles. The van der Waals surface area contributed by atoms with Crippen molar-refractivity contribution < 1.29 is 13.9 Å². The molecule has 0 saturated heterocycles. The van der Waals surface area contributed by atoms with E-state index >= 15 is 0 Å². The van der Waals surface area contributed by atoms with Crippen LogP contribution in [0.25, 0.3) is 0 Å². The van der Waals surface area contributed by atoms with E-state index in [1.807, 2.05) is 13.0 Å². The van der Waals surface area contributed by atoms with Crippen molar-refractivity contribution in [2.75, 3.05) is 0 Å². The van der Waals surface area contributed by atoms with E-state index in [1.165, 1.54) is 0 Å². The molecular weight excluding hydrogens is 278 g/mol. The highest BCUT2D eigenvalue weighted by Crippen LogP contribution is 2.26. The summed E-state index contributed by atoms with van der Waals surface area (Å²) in [5.41, 5.74) is 1.02. The van der Waals surface area contributed by atoms with Gasteiger partial charge in [0.05, 0.1) is 17.8 Å². The van der Waals surface area contributed by atoms with E-state index < -0.39 is 6.10 Å². The Labute approximate surface area is 122 Å². The average Bonchev–Trinajstić information content (AvgIpc) is 2.93. The predicted molar refractivity (Wildman–Crippen MR) is 76.8 cm³/mol. The molecule has 106 valence electrons. The van der Waals surface area contributed by atoms with Gasteiger partial charge in [0.25, 0.3) is 5.91 Å². The van der Waals surface area contributed by atoms with Gasteiger partial charge in [-0.1, -0.05) is 17.7 Å². The van der Waals surface area contributed by atoms with Crippen molar-refractivity contribution in [3.8, 4) is 5.75 Å². The van der Waals surface area contributed by atoms with Crippen LogP contribution in [0.15, 0.2) is 41.0 Å². The molecule has 0 saturated carbocycles. The Bertz CT molecular complexity index is 581. The lowest BCUT2D eigenvalue weighted by Gasteiger charge is -2.15. The van der Waals surface area contributed by atoms with Crippen molar-refractivity contribution >= 4 is 17.5 Å². The van der Waals surface area contributed by atoms with Crippen LogP contribution in [0.1, 0.15) is 18.2 Å². The van der Waals surface area contributed by atoms with Crippen LogP contribution < -0.4 is 10.1 Å². The van der Waals surface area contributed by atoms with E-state index in [1.54, 1.807) is 37.5 Å². The third kappa shape index (κ3) is 3.78. The number of carbonyl (C=O) groups is 1. The zero-order valence-electron chi connectivity index (χ0n) is 11.4. The van der Waals surface area contributed by atoms with Gasteiger partial charge < -0.3 is 14.5 Å². The Morgan fingerprint density at radius 3 is 2.95 bits per heavy atom. The molecule has 1 atom stereocenters. The number of amides is 1. The van der Waals surface area contributed by atoms with Crippen LogP contribution in [0.4, 0.5) is 0 Å². The monoisotopic (exact) mass is 293 g/mol. The highest BCUT2D eigenvalue weighted by atomic mass is 35.5. The number of ether oxygens (including phenoxy) is 1. The van der Waals surface area contributed by atoms with Crippen LogP contribution in [0.2, 0.25) is 5.02 Å². The first-order chi connectivity index (χ1) is 9.56. The topological polar surface area (TPSA) is 51.5 Å². The van der Waals surface area contributed by atoms with Gasteiger partial charge in [-0.15, -0.1) is 0 Å². The highest BCUT2D eigenvalue weighted by molar-refractivity contribution is 6.32. The van der Waals surface area contributed by atoms with Crippen molar-refractivity contribution in [3.05, 3.63) is 52.9 Å². The van der Waals surface area contributed by atoms with Crippen LogP contribution >= 0.6 is 11.6 Å². The molecule has 2 rings (SSSR count). The number of hydrogen-bond donors (Lipinski definition) is 1. The minimum absolute atomic E-state index is 0.223. The molecule has 0 spiro atoms. The van der Waals surface area contributed by atoms with Gasteiger partial charge in [-0.25, -0.2) is 0 Å². The largest absolute Gasteiger partial charge is 0.479 e. The van der Waals surface area contributed by atoms with Crippen LogP contribution in [0, 0.1) is 6.92 Å². The summed E-state index contributed by atoms with van der Waals surface area (Å²) in [6, 6.07) is 9.01. The molecule has 1 aromatic heterocycles. The first-order valence-electron chi connectivity index (χ1n) is 6.29. The number of rotatable bonds is 5. The van der Waals surface area contributed by atoms with Crippen molar-refractivity contribution in [2.24, 2.45) is 0 Å². The van der Waals surface area contributed by atoms with Crippen LogP contribution in [0.3, 0.4) is 0 Å². The van der Waals surface area contributed by atoms with Gasteiger partial charge in [-0.05, 0) is 43.7 Å². The molecule has 0 aliphatic rings. The van der Waals surface area contributed by atoms with Crippen LogP contribution in [-0.2, 0) is 11.3 Å². The molecule has 20 heavy (non-hydrogen) atoms. The average molecular weight is 294 g/mol. The fourth-order valence-electron chi connectivity index (χ4n) is 1.68. The number of carbonyl (C=O) groups excluding carboxylic acids is 1. The molecule has 0 bridgehead atoms. The second-order valence-corrected chi connectivity index (χ2v) is 4.90. The number of aryl methyl sites for hydroxylation is 1. The molecule has 5 heteroatoms. The van der Waals surface area contributed by atoms with Crippen molar-refractivity contribution in [3.63, 3.8) is 0 Å². The third-order valence-electron chi connectivity index (χ3n) is 2.78. The quantitative estimate of drug-likeness (QED) is 0.920. The normalized spacial score (nSPS) is 11.9. The summed E-state index contributed by atoms with van der Waals surface area (Å²) in [6.45, 7) is 3.95. The van der Waals surface area contributed by atoms with E-state index in [0.717, 1.165) is 5.56 Å². The Hall–Kier alpha value is -1.94. The lowest BCUT2D eigenvalue weighted by atomic mass is 10.2. The molecule has 4 nitrogen and oxygen atoms in total. The van der Waals surface area contributed by atoms with Gasteiger partial charge >= 0.3 is 0 Å². The summed E-state index contributed by atoms with van der Waals surface area (Å²) in [5.74, 6) is 0.977. The van der Waals surface area contributed by atoms with Crippen LogP contribution in [0.5, 0.6) is 5.75 Å². The second-order valence-electron chi connectivity index (χ2n) is 4.49. The van der Waals surface area contributed by atoms with Gasteiger partial charge in [-0.2, -0.15) is 0 Å². The molecule has 0 aliphatic carbocycles. The maximum Gasteiger partial charge on any atom is 0.261 e. The Balaban J connectivity index is 1.92. The Morgan fingerprint density at radius 1 is 1.45 bits per heavy atom. The summed E-state index contributed by atoms with van der Waals surface area (Å²) in [5, 5.41) is 3.23. The molecular formula is C15H16ClNO3. The van der Waals surface area contributed by atoms with Crippen molar-refractivity contribution in [1.82, 2.24) is 5.32 Å². The molecule has 0 unspecified atom stereocenters. The number of benzene rings is 1. The predicted octanol–water partition coefficient (Wildman–Crippen LogP) is 3.33. The minimum atomic E-state index is -0.635. The Kier molecular flexibility index (Phi) is 4.69. The molecule has 1 amide bonds. The third-order valence-corrected chi connectivity index (χ3v) is 3.09. The number of halogens is 1. The molecule has 1 N–H and O–H groups in total. The van der Waals surface area contributed by atoms with Crippen LogP contribution in [-0.4, -0.2) is 12.0 Å². The maximum atomic E-state index is 11.9. The molecule has 2 aromatic rings. The van der Waals surface area contributed by atoms with Gasteiger partial charge in [0.15, 0.2) is 6.10 Å². The highest BCUT2D eigenvalue weighted by Gasteiger charge is 2.16. The number of furan rings is 1. The zero-order valence-corrected chi connectivity index (χ0v) is 12.1. The first-order valence-corrected chi connectivity index (χ1v) is 6.67. The molecule has 0 radical (unpaired) electrons. The fraction of sp³-hybridized carbons (Fsp3) is 0.267. The van der Waals surface area contributed by atoms with Gasteiger partial charge in [0, 0.05) is 0 Å². The number of hydrogen-bond acceptors (Lipinski definition) is 3. The molecule has 1 heterocycles. The molecule has 0 fully saturated rings. The Morgan fingerprint density at radius 2 is 2.25 bits per heavy atom. The van der Waals surface area contributed by atoms with Crippen molar-refractivity contribution in [1.29, 1.82) is 0 Å². The number of nitrogens with one attached hydrogen (secondary N) is 1. The summed E-state index contributed by atoms with van der Waals surface area (Å²) >= 11 is 6.03. The van der Waals surface area contributed by atoms with Gasteiger partial charge in [-0.3, -0.25) is 4.79 Å².